The number of pyridine rings is 1. The third-order valence-electron chi connectivity index (χ3n) is 7.46. The first kappa shape index (κ1) is 24.0. The molecule has 1 N–H and O–H groups in total. The maximum atomic E-state index is 13.3. The standard InChI is InChI=1S/C30H32N2O4/c1-20(30(34)35)28-24-11-10-22-14-15-32(19-26(22)17-24)29(33)23-8-6-21(7-9-23)5-3-2-4-16-36-27-13-12-25(28)18-31-27/h6-13,17-18,20,28H,2-5,14-16,19H2,1H3,(H,34,35)/t20-,28-/m1/s1. The van der Waals surface area contributed by atoms with E-state index in [2.05, 4.69) is 29.2 Å². The van der Waals surface area contributed by atoms with Gasteiger partial charge in [0, 0.05) is 36.8 Å². The predicted octanol–water partition coefficient (Wildman–Crippen LogP) is 5.24. The molecule has 0 fully saturated rings. The molecule has 6 heteroatoms. The van der Waals surface area contributed by atoms with E-state index >= 15 is 0 Å². The van der Waals surface area contributed by atoms with E-state index in [4.69, 9.17) is 4.74 Å². The normalized spacial score (nSPS) is 19.0. The Morgan fingerprint density at radius 3 is 2.56 bits per heavy atom. The van der Waals surface area contributed by atoms with E-state index in [0.29, 0.717) is 31.1 Å². The largest absolute Gasteiger partial charge is 0.481 e. The Morgan fingerprint density at radius 1 is 1.00 bits per heavy atom. The Kier molecular flexibility index (Phi) is 7.03. The molecule has 36 heavy (non-hydrogen) atoms. The van der Waals surface area contributed by atoms with Crippen molar-refractivity contribution in [2.75, 3.05) is 13.2 Å². The van der Waals surface area contributed by atoms with Crippen LogP contribution in [0, 0.1) is 5.92 Å². The van der Waals surface area contributed by atoms with Crippen LogP contribution < -0.4 is 4.74 Å². The van der Waals surface area contributed by atoms with Gasteiger partial charge in [-0.3, -0.25) is 9.59 Å². The highest BCUT2D eigenvalue weighted by atomic mass is 16.5. The van der Waals surface area contributed by atoms with Crippen LogP contribution >= 0.6 is 0 Å². The molecule has 8 rings (SSSR count). The number of benzene rings is 2. The number of carbonyl (C=O) groups is 2. The summed E-state index contributed by atoms with van der Waals surface area (Å²) in [5.74, 6) is -1.26. The number of rotatable bonds is 2. The third-order valence-corrected chi connectivity index (χ3v) is 7.46. The number of aliphatic carboxylic acids is 1. The van der Waals surface area contributed by atoms with Gasteiger partial charge in [-0.1, -0.05) is 43.3 Å². The second kappa shape index (κ2) is 10.5. The number of aryl methyl sites for hydroxylation is 1. The number of aromatic nitrogens is 1. The SMILES string of the molecule is C[C@@H](C(=O)O)[C@H]1c2ccc(nc2)OCCCCCc2ccc(cc2)C(=O)N2CCc3ccc1cc3C2. The molecule has 3 aromatic rings. The summed E-state index contributed by atoms with van der Waals surface area (Å²) in [7, 11) is 0. The van der Waals surface area contributed by atoms with Crippen LogP contribution in [0.5, 0.6) is 5.88 Å². The van der Waals surface area contributed by atoms with Crippen molar-refractivity contribution in [3.05, 3.63) is 94.2 Å². The number of carboxylic acid groups (broad SMARTS) is 1. The van der Waals surface area contributed by atoms with E-state index < -0.39 is 11.9 Å². The average Bonchev–Trinajstić information content (AvgIpc) is 2.90. The smallest absolute Gasteiger partial charge is 0.307 e. The molecule has 0 saturated carbocycles. The van der Waals surface area contributed by atoms with Crippen molar-refractivity contribution < 1.29 is 19.4 Å². The molecule has 2 aromatic carbocycles. The molecule has 0 radical (unpaired) electrons. The number of hydrogen-bond donors (Lipinski definition) is 1. The second-order valence-electron chi connectivity index (χ2n) is 9.90. The lowest BCUT2D eigenvalue weighted by molar-refractivity contribution is -0.141. The van der Waals surface area contributed by atoms with Crippen molar-refractivity contribution in [3.63, 3.8) is 0 Å². The quantitative estimate of drug-likeness (QED) is 0.538. The fourth-order valence-electron chi connectivity index (χ4n) is 5.30. The Labute approximate surface area is 211 Å². The number of carboxylic acids is 1. The first-order valence-electron chi connectivity index (χ1n) is 12.8. The maximum absolute atomic E-state index is 13.3. The predicted molar refractivity (Wildman–Crippen MR) is 137 cm³/mol. The molecule has 0 aliphatic carbocycles. The van der Waals surface area contributed by atoms with E-state index in [-0.39, 0.29) is 11.8 Å². The molecule has 6 nitrogen and oxygen atoms in total. The van der Waals surface area contributed by atoms with Gasteiger partial charge in [0.05, 0.1) is 12.5 Å². The monoisotopic (exact) mass is 484 g/mol. The summed E-state index contributed by atoms with van der Waals surface area (Å²) >= 11 is 0. The third kappa shape index (κ3) is 5.13. The van der Waals surface area contributed by atoms with E-state index in [9.17, 15) is 14.7 Å². The molecule has 5 aliphatic heterocycles. The number of carbonyl (C=O) groups excluding carboxylic acids is 1. The summed E-state index contributed by atoms with van der Waals surface area (Å²) in [5, 5.41) is 9.88. The van der Waals surface area contributed by atoms with E-state index in [0.717, 1.165) is 48.8 Å². The minimum Gasteiger partial charge on any atom is -0.481 e. The summed E-state index contributed by atoms with van der Waals surface area (Å²) in [5.41, 5.74) is 5.99. The topological polar surface area (TPSA) is 79.7 Å². The van der Waals surface area contributed by atoms with Gasteiger partial charge in [-0.25, -0.2) is 4.98 Å². The van der Waals surface area contributed by atoms with Crippen LogP contribution in [0.4, 0.5) is 0 Å². The highest BCUT2D eigenvalue weighted by molar-refractivity contribution is 5.94. The Balaban J connectivity index is 1.52. The summed E-state index contributed by atoms with van der Waals surface area (Å²) < 4.78 is 5.84. The van der Waals surface area contributed by atoms with Gasteiger partial charge < -0.3 is 14.7 Å². The van der Waals surface area contributed by atoms with Gasteiger partial charge in [-0.15, -0.1) is 0 Å². The first-order valence-corrected chi connectivity index (χ1v) is 12.8. The highest BCUT2D eigenvalue weighted by Gasteiger charge is 2.29. The van der Waals surface area contributed by atoms with Crippen molar-refractivity contribution in [3.8, 4) is 5.88 Å². The molecule has 0 saturated heterocycles. The average molecular weight is 485 g/mol. The molecule has 0 spiro atoms. The molecule has 5 aliphatic rings. The van der Waals surface area contributed by atoms with Crippen molar-refractivity contribution in [1.29, 1.82) is 0 Å². The fourth-order valence-corrected chi connectivity index (χ4v) is 5.30. The van der Waals surface area contributed by atoms with Crippen molar-refractivity contribution in [2.24, 2.45) is 5.92 Å². The van der Waals surface area contributed by atoms with E-state index in [1.165, 1.54) is 11.1 Å². The van der Waals surface area contributed by atoms with Gasteiger partial charge in [0.25, 0.3) is 5.91 Å². The Morgan fingerprint density at radius 2 is 1.81 bits per heavy atom. The minimum atomic E-state index is -0.858. The molecule has 2 atom stereocenters. The lowest BCUT2D eigenvalue weighted by atomic mass is 9.80. The van der Waals surface area contributed by atoms with Crippen molar-refractivity contribution in [1.82, 2.24) is 9.88 Å². The van der Waals surface area contributed by atoms with E-state index in [1.54, 1.807) is 13.1 Å². The molecule has 0 unspecified atom stereocenters. The summed E-state index contributed by atoms with van der Waals surface area (Å²) in [6, 6.07) is 17.9. The number of hydrogen-bond acceptors (Lipinski definition) is 4. The highest BCUT2D eigenvalue weighted by Crippen LogP contribution is 2.35. The van der Waals surface area contributed by atoms with Gasteiger partial charge in [0.2, 0.25) is 5.88 Å². The van der Waals surface area contributed by atoms with Crippen molar-refractivity contribution in [2.45, 2.75) is 51.5 Å². The van der Waals surface area contributed by atoms with Crippen LogP contribution in [0.1, 0.15) is 70.3 Å². The fraction of sp³-hybridized carbons (Fsp3) is 0.367. The second-order valence-corrected chi connectivity index (χ2v) is 9.90. The van der Waals surface area contributed by atoms with Gasteiger partial charge in [-0.2, -0.15) is 0 Å². The van der Waals surface area contributed by atoms with Crippen LogP contribution in [0.15, 0.2) is 60.8 Å². The lowest BCUT2D eigenvalue weighted by Gasteiger charge is -2.30. The van der Waals surface area contributed by atoms with Crippen LogP contribution in [-0.4, -0.2) is 40.0 Å². The molecule has 7 bridgehead atoms. The number of ether oxygens (including phenoxy) is 1. The van der Waals surface area contributed by atoms with Gasteiger partial charge in [-0.05, 0) is 72.1 Å². The maximum Gasteiger partial charge on any atom is 0.307 e. The molecular formula is C30H32N2O4. The van der Waals surface area contributed by atoms with Crippen LogP contribution in [0.25, 0.3) is 0 Å². The first-order chi connectivity index (χ1) is 17.5. The Bertz CT molecular complexity index is 1240. The zero-order valence-corrected chi connectivity index (χ0v) is 20.7. The van der Waals surface area contributed by atoms with Gasteiger partial charge in [0.1, 0.15) is 0 Å². The summed E-state index contributed by atoms with van der Waals surface area (Å²) in [4.78, 5) is 31.7. The summed E-state index contributed by atoms with van der Waals surface area (Å²) in [6.07, 6.45) is 6.53. The minimum absolute atomic E-state index is 0.0379. The van der Waals surface area contributed by atoms with Crippen LogP contribution in [-0.2, 0) is 24.2 Å². The van der Waals surface area contributed by atoms with E-state index in [1.807, 2.05) is 35.2 Å². The molecule has 1 aromatic heterocycles. The Hall–Kier alpha value is -3.67. The zero-order valence-electron chi connectivity index (χ0n) is 20.7. The lowest BCUT2D eigenvalue weighted by Crippen LogP contribution is -2.36. The molecular weight excluding hydrogens is 452 g/mol. The number of amides is 1. The van der Waals surface area contributed by atoms with Crippen LogP contribution in [0.2, 0.25) is 0 Å². The molecule has 186 valence electrons. The molecule has 1 amide bonds. The number of nitrogens with zero attached hydrogens (tertiary/aromatic N) is 2. The zero-order chi connectivity index (χ0) is 25.1. The van der Waals surface area contributed by atoms with Gasteiger partial charge in [0.15, 0.2) is 0 Å². The molecule has 6 heterocycles. The van der Waals surface area contributed by atoms with Crippen molar-refractivity contribution >= 4 is 11.9 Å². The van der Waals surface area contributed by atoms with Crippen LogP contribution in [0.3, 0.4) is 0 Å². The summed E-state index contributed by atoms with van der Waals surface area (Å²) in [6.45, 7) is 3.52. The van der Waals surface area contributed by atoms with Gasteiger partial charge >= 0.3 is 5.97 Å².